The molecule has 1 N–H and O–H groups in total. The average molecular weight is 265 g/mol. The van der Waals surface area contributed by atoms with Crippen LogP contribution in [-0.2, 0) is 4.74 Å². The molecule has 110 valence electrons. The summed E-state index contributed by atoms with van der Waals surface area (Å²) in [6.07, 6.45) is 13.6. The molecular weight excluding hydrogens is 234 g/mol. The highest BCUT2D eigenvalue weighted by Crippen LogP contribution is 2.46. The molecule has 2 rings (SSSR count). The van der Waals surface area contributed by atoms with Crippen molar-refractivity contribution >= 4 is 0 Å². The van der Waals surface area contributed by atoms with Crippen molar-refractivity contribution < 1.29 is 4.74 Å². The molecule has 0 aromatic heterocycles. The zero-order chi connectivity index (χ0) is 13.6. The van der Waals surface area contributed by atoms with E-state index >= 15 is 0 Å². The van der Waals surface area contributed by atoms with Crippen molar-refractivity contribution in [2.24, 2.45) is 11.3 Å². The molecule has 1 saturated carbocycles. The number of rotatable bonds is 6. The van der Waals surface area contributed by atoms with Gasteiger partial charge in [0.1, 0.15) is 0 Å². The van der Waals surface area contributed by atoms with Gasteiger partial charge in [0.2, 0.25) is 0 Å². The lowest BCUT2D eigenvalue weighted by Gasteiger charge is -2.43. The van der Waals surface area contributed by atoms with E-state index in [-0.39, 0.29) is 0 Å². The summed E-state index contributed by atoms with van der Waals surface area (Å²) < 4.78 is 5.15. The summed E-state index contributed by atoms with van der Waals surface area (Å²) in [7, 11) is 1.78. The SMILES string of the molecule is COCCNCC1(C2=CCCCC2)CCC(C)CC1. The molecule has 0 aromatic carbocycles. The number of allylic oxidation sites excluding steroid dienone is 1. The third-order valence-electron chi connectivity index (χ3n) is 5.15. The number of hydrogen-bond acceptors (Lipinski definition) is 2. The van der Waals surface area contributed by atoms with Crippen molar-refractivity contribution in [3.8, 4) is 0 Å². The molecule has 19 heavy (non-hydrogen) atoms. The second-order valence-electron chi connectivity index (χ2n) is 6.61. The first-order valence-corrected chi connectivity index (χ1v) is 8.16. The van der Waals surface area contributed by atoms with Crippen molar-refractivity contribution in [1.82, 2.24) is 5.32 Å². The Morgan fingerprint density at radius 3 is 2.74 bits per heavy atom. The molecule has 1 fully saturated rings. The summed E-state index contributed by atoms with van der Waals surface area (Å²) in [4.78, 5) is 0. The minimum Gasteiger partial charge on any atom is -0.383 e. The minimum absolute atomic E-state index is 0.473. The largest absolute Gasteiger partial charge is 0.383 e. The number of nitrogens with one attached hydrogen (secondary N) is 1. The molecule has 2 nitrogen and oxygen atoms in total. The lowest BCUT2D eigenvalue weighted by molar-refractivity contribution is 0.166. The molecule has 0 radical (unpaired) electrons. The van der Waals surface area contributed by atoms with Crippen molar-refractivity contribution in [1.29, 1.82) is 0 Å². The quantitative estimate of drug-likeness (QED) is 0.580. The highest BCUT2D eigenvalue weighted by atomic mass is 16.5. The molecule has 2 aliphatic carbocycles. The smallest absolute Gasteiger partial charge is 0.0587 e. The van der Waals surface area contributed by atoms with Gasteiger partial charge >= 0.3 is 0 Å². The van der Waals surface area contributed by atoms with Gasteiger partial charge in [-0.25, -0.2) is 0 Å². The van der Waals surface area contributed by atoms with Crippen molar-refractivity contribution in [3.05, 3.63) is 11.6 Å². The standard InChI is InChI=1S/C17H31NO/c1-15-8-10-17(11-9-15,14-18-12-13-19-2)16-6-4-3-5-7-16/h6,15,18H,3-5,7-14H2,1-2H3. The van der Waals surface area contributed by atoms with Crippen LogP contribution in [0.1, 0.15) is 58.3 Å². The zero-order valence-corrected chi connectivity index (χ0v) is 12.8. The van der Waals surface area contributed by atoms with Crippen LogP contribution in [-0.4, -0.2) is 26.8 Å². The van der Waals surface area contributed by atoms with Crippen LogP contribution in [0.3, 0.4) is 0 Å². The van der Waals surface area contributed by atoms with Gasteiger partial charge in [0.05, 0.1) is 6.61 Å². The Morgan fingerprint density at radius 2 is 2.11 bits per heavy atom. The highest BCUT2D eigenvalue weighted by molar-refractivity contribution is 5.18. The first-order valence-electron chi connectivity index (χ1n) is 8.16. The molecule has 0 amide bonds. The summed E-state index contributed by atoms with van der Waals surface area (Å²) in [6, 6.07) is 0. The average Bonchev–Trinajstić information content (AvgIpc) is 2.47. The van der Waals surface area contributed by atoms with Crippen molar-refractivity contribution in [2.45, 2.75) is 58.3 Å². The maximum Gasteiger partial charge on any atom is 0.0587 e. The fourth-order valence-corrected chi connectivity index (χ4v) is 3.75. The van der Waals surface area contributed by atoms with Crippen LogP contribution in [0.25, 0.3) is 0 Å². The maximum atomic E-state index is 5.15. The molecule has 0 saturated heterocycles. The first kappa shape index (κ1) is 15.1. The summed E-state index contributed by atoms with van der Waals surface area (Å²) in [5, 5.41) is 3.64. The van der Waals surface area contributed by atoms with E-state index < -0.39 is 0 Å². The van der Waals surface area contributed by atoms with Gasteiger partial charge in [0.15, 0.2) is 0 Å². The fourth-order valence-electron chi connectivity index (χ4n) is 3.75. The van der Waals surface area contributed by atoms with Gasteiger partial charge in [-0.2, -0.15) is 0 Å². The van der Waals surface area contributed by atoms with Gasteiger partial charge in [-0.1, -0.05) is 18.6 Å². The van der Waals surface area contributed by atoms with E-state index in [0.29, 0.717) is 5.41 Å². The molecule has 0 unspecified atom stereocenters. The van der Waals surface area contributed by atoms with E-state index in [4.69, 9.17) is 4.74 Å². The fraction of sp³-hybridized carbons (Fsp3) is 0.882. The molecular formula is C17H31NO. The molecule has 0 spiro atoms. The Bertz CT molecular complexity index is 290. The highest BCUT2D eigenvalue weighted by Gasteiger charge is 2.37. The van der Waals surface area contributed by atoms with Crippen molar-refractivity contribution in [2.75, 3.05) is 26.8 Å². The second-order valence-corrected chi connectivity index (χ2v) is 6.61. The van der Waals surface area contributed by atoms with Crippen LogP contribution < -0.4 is 5.32 Å². The number of hydrogen-bond donors (Lipinski definition) is 1. The van der Waals surface area contributed by atoms with Crippen LogP contribution in [0, 0.1) is 11.3 Å². The molecule has 0 heterocycles. The van der Waals surface area contributed by atoms with E-state index in [1.165, 1.54) is 51.4 Å². The topological polar surface area (TPSA) is 21.3 Å². The van der Waals surface area contributed by atoms with Gasteiger partial charge in [-0.15, -0.1) is 0 Å². The lowest BCUT2D eigenvalue weighted by atomic mass is 9.64. The Morgan fingerprint density at radius 1 is 1.32 bits per heavy atom. The Kier molecular flexibility index (Phi) is 5.90. The van der Waals surface area contributed by atoms with E-state index in [2.05, 4.69) is 18.3 Å². The lowest BCUT2D eigenvalue weighted by Crippen LogP contribution is -2.40. The third-order valence-corrected chi connectivity index (χ3v) is 5.15. The summed E-state index contributed by atoms with van der Waals surface area (Å²) in [5.74, 6) is 0.927. The van der Waals surface area contributed by atoms with Crippen LogP contribution in [0.2, 0.25) is 0 Å². The van der Waals surface area contributed by atoms with E-state index in [1.54, 1.807) is 12.7 Å². The number of methoxy groups -OCH3 is 1. The molecule has 2 aliphatic rings. The van der Waals surface area contributed by atoms with Crippen LogP contribution in [0.4, 0.5) is 0 Å². The monoisotopic (exact) mass is 265 g/mol. The Balaban J connectivity index is 1.98. The Labute approximate surface area is 119 Å². The van der Waals surface area contributed by atoms with E-state index in [1.807, 2.05) is 0 Å². The van der Waals surface area contributed by atoms with Crippen molar-refractivity contribution in [3.63, 3.8) is 0 Å². The molecule has 2 heteroatoms. The molecule has 0 atom stereocenters. The molecule has 0 bridgehead atoms. The number of ether oxygens (including phenoxy) is 1. The summed E-state index contributed by atoms with van der Waals surface area (Å²) in [5.41, 5.74) is 2.25. The molecule has 0 aliphatic heterocycles. The third kappa shape index (κ3) is 4.06. The van der Waals surface area contributed by atoms with Gasteiger partial charge in [0.25, 0.3) is 0 Å². The zero-order valence-electron chi connectivity index (χ0n) is 12.8. The Hall–Kier alpha value is -0.340. The second kappa shape index (κ2) is 7.44. The van der Waals surface area contributed by atoms with Gasteiger partial charge < -0.3 is 10.1 Å². The summed E-state index contributed by atoms with van der Waals surface area (Å²) in [6.45, 7) is 5.39. The predicted molar refractivity (Wildman–Crippen MR) is 81.4 cm³/mol. The summed E-state index contributed by atoms with van der Waals surface area (Å²) >= 11 is 0. The van der Waals surface area contributed by atoms with E-state index in [9.17, 15) is 0 Å². The van der Waals surface area contributed by atoms with Crippen LogP contribution in [0.5, 0.6) is 0 Å². The van der Waals surface area contributed by atoms with Crippen LogP contribution in [0.15, 0.2) is 11.6 Å². The maximum absolute atomic E-state index is 5.15. The van der Waals surface area contributed by atoms with E-state index in [0.717, 1.165) is 25.6 Å². The predicted octanol–water partition coefficient (Wildman–Crippen LogP) is 3.92. The normalized spacial score (nSPS) is 32.1. The van der Waals surface area contributed by atoms with Gasteiger partial charge in [-0.05, 0) is 57.3 Å². The van der Waals surface area contributed by atoms with Gasteiger partial charge in [-0.3, -0.25) is 0 Å². The first-order chi connectivity index (χ1) is 9.27. The molecule has 0 aromatic rings. The minimum atomic E-state index is 0.473. The van der Waals surface area contributed by atoms with Gasteiger partial charge in [0, 0.05) is 25.6 Å². The van der Waals surface area contributed by atoms with Crippen LogP contribution >= 0.6 is 0 Å².